The van der Waals surface area contributed by atoms with Crippen molar-refractivity contribution in [3.63, 3.8) is 0 Å². The summed E-state index contributed by atoms with van der Waals surface area (Å²) in [6.45, 7) is 2.12. The minimum absolute atomic E-state index is 0.0101. The Morgan fingerprint density at radius 1 is 1.03 bits per heavy atom. The number of thiophene rings is 1. The topological polar surface area (TPSA) is 61.2 Å². The van der Waals surface area contributed by atoms with Crippen LogP contribution in [-0.2, 0) is 28.9 Å². The molecular weight excluding hydrogens is 416 g/mol. The number of ketones is 1. The van der Waals surface area contributed by atoms with Gasteiger partial charge in [-0.25, -0.2) is 0 Å². The molecule has 2 heterocycles. The van der Waals surface area contributed by atoms with Crippen LogP contribution >= 0.6 is 11.3 Å². The molecule has 1 aromatic heterocycles. The predicted octanol–water partition coefficient (Wildman–Crippen LogP) is 5.98. The van der Waals surface area contributed by atoms with Crippen molar-refractivity contribution < 1.29 is 9.59 Å². The third-order valence-electron chi connectivity index (χ3n) is 7.18. The van der Waals surface area contributed by atoms with Crippen LogP contribution in [0.3, 0.4) is 0 Å². The first-order valence-electron chi connectivity index (χ1n) is 11.8. The van der Waals surface area contributed by atoms with Gasteiger partial charge in [-0.1, -0.05) is 37.6 Å². The Kier molecular flexibility index (Phi) is 5.73. The van der Waals surface area contributed by atoms with Crippen LogP contribution in [0.5, 0.6) is 0 Å². The van der Waals surface area contributed by atoms with E-state index in [2.05, 4.69) is 37.3 Å². The Morgan fingerprint density at radius 2 is 1.81 bits per heavy atom. The predicted molar refractivity (Wildman–Crippen MR) is 127 cm³/mol. The van der Waals surface area contributed by atoms with Crippen LogP contribution in [0.1, 0.15) is 84.9 Å². The number of amides is 1. The number of hydrogen-bond acceptors (Lipinski definition) is 4. The average Bonchev–Trinajstić information content (AvgIpc) is 2.98. The molecule has 0 unspecified atom stereocenters. The molecule has 2 aliphatic carbocycles. The van der Waals surface area contributed by atoms with Gasteiger partial charge < -0.3 is 0 Å². The van der Waals surface area contributed by atoms with E-state index in [1.165, 1.54) is 16.9 Å². The van der Waals surface area contributed by atoms with E-state index in [0.717, 1.165) is 65.9 Å². The van der Waals surface area contributed by atoms with Crippen molar-refractivity contribution in [2.45, 2.75) is 77.0 Å². The number of nitriles is 1. The lowest BCUT2D eigenvalue weighted by molar-refractivity contribution is -0.119. The van der Waals surface area contributed by atoms with Gasteiger partial charge in [0.1, 0.15) is 11.1 Å². The molecule has 164 valence electrons. The second-order valence-electron chi connectivity index (χ2n) is 9.07. The maximum absolute atomic E-state index is 13.6. The van der Waals surface area contributed by atoms with E-state index < -0.39 is 0 Å². The molecule has 4 nitrogen and oxygen atoms in total. The summed E-state index contributed by atoms with van der Waals surface area (Å²) in [5.41, 5.74) is 5.73. The van der Waals surface area contributed by atoms with E-state index in [1.54, 1.807) is 16.2 Å². The molecular formula is C27H28N2O2S. The number of nitrogens with zero attached hydrogens (tertiary/aromatic N) is 2. The van der Waals surface area contributed by atoms with Crippen LogP contribution < -0.4 is 4.90 Å². The third-order valence-corrected chi connectivity index (χ3v) is 8.46. The minimum Gasteiger partial charge on any atom is -0.294 e. The lowest BCUT2D eigenvalue weighted by Crippen LogP contribution is -2.40. The van der Waals surface area contributed by atoms with Gasteiger partial charge in [-0.15, -0.1) is 11.3 Å². The molecule has 32 heavy (non-hydrogen) atoms. The van der Waals surface area contributed by atoms with E-state index in [0.29, 0.717) is 18.4 Å². The molecule has 1 atom stereocenters. The highest BCUT2D eigenvalue weighted by Gasteiger charge is 2.41. The Balaban J connectivity index is 1.63. The first-order valence-corrected chi connectivity index (χ1v) is 12.7. The first-order chi connectivity index (χ1) is 15.6. The normalized spacial score (nSPS) is 21.1. The largest absolute Gasteiger partial charge is 0.294 e. The lowest BCUT2D eigenvalue weighted by atomic mass is 9.77. The molecule has 0 radical (unpaired) electrons. The van der Waals surface area contributed by atoms with Gasteiger partial charge in [-0.05, 0) is 61.6 Å². The molecule has 1 amide bonds. The Bertz CT molecular complexity index is 1150. The summed E-state index contributed by atoms with van der Waals surface area (Å²) in [6, 6.07) is 10.8. The van der Waals surface area contributed by atoms with Crippen molar-refractivity contribution in [1.82, 2.24) is 0 Å². The summed E-state index contributed by atoms with van der Waals surface area (Å²) in [5, 5.41) is 10.8. The summed E-state index contributed by atoms with van der Waals surface area (Å²) in [4.78, 5) is 29.8. The van der Waals surface area contributed by atoms with Crippen LogP contribution in [0.25, 0.3) is 0 Å². The molecule has 0 saturated heterocycles. The van der Waals surface area contributed by atoms with Gasteiger partial charge in [0.2, 0.25) is 5.91 Å². The highest BCUT2D eigenvalue weighted by atomic mass is 32.1. The second kappa shape index (κ2) is 8.67. The van der Waals surface area contributed by atoms with Crippen molar-refractivity contribution in [3.05, 3.63) is 62.7 Å². The number of carbonyl (C=O) groups excluding carboxylic acids is 2. The number of benzene rings is 1. The van der Waals surface area contributed by atoms with Crippen molar-refractivity contribution in [2.24, 2.45) is 0 Å². The van der Waals surface area contributed by atoms with E-state index in [-0.39, 0.29) is 24.0 Å². The number of hydrogen-bond donors (Lipinski definition) is 0. The molecule has 0 spiro atoms. The molecule has 1 aliphatic heterocycles. The minimum atomic E-state index is -0.184. The molecule has 0 bridgehead atoms. The van der Waals surface area contributed by atoms with Crippen LogP contribution in [0.15, 0.2) is 35.5 Å². The highest BCUT2D eigenvalue weighted by molar-refractivity contribution is 7.16. The van der Waals surface area contributed by atoms with Crippen molar-refractivity contribution in [2.75, 3.05) is 4.90 Å². The fraction of sp³-hybridized carbons (Fsp3) is 0.444. The van der Waals surface area contributed by atoms with Gasteiger partial charge >= 0.3 is 0 Å². The molecule has 5 rings (SSSR count). The molecule has 3 aliphatic rings. The summed E-state index contributed by atoms with van der Waals surface area (Å²) >= 11 is 1.61. The Hall–Kier alpha value is -2.71. The molecule has 0 fully saturated rings. The van der Waals surface area contributed by atoms with Gasteiger partial charge in [-0.2, -0.15) is 5.26 Å². The van der Waals surface area contributed by atoms with Gasteiger partial charge in [-0.3, -0.25) is 14.5 Å². The van der Waals surface area contributed by atoms with Crippen LogP contribution in [-0.4, -0.2) is 11.7 Å². The van der Waals surface area contributed by atoms with E-state index in [9.17, 15) is 14.9 Å². The zero-order valence-corrected chi connectivity index (χ0v) is 19.4. The van der Waals surface area contributed by atoms with Crippen molar-refractivity contribution in [3.8, 4) is 6.07 Å². The fourth-order valence-electron chi connectivity index (χ4n) is 5.50. The van der Waals surface area contributed by atoms with Gasteiger partial charge in [0.15, 0.2) is 5.78 Å². The number of allylic oxidation sites excluding steroid dienone is 2. The molecule has 1 aromatic carbocycles. The van der Waals surface area contributed by atoms with Crippen LogP contribution in [0, 0.1) is 11.3 Å². The van der Waals surface area contributed by atoms with Crippen LogP contribution in [0.4, 0.5) is 5.00 Å². The number of carbonyl (C=O) groups is 2. The average molecular weight is 445 g/mol. The smallest absolute Gasteiger partial charge is 0.232 e. The van der Waals surface area contributed by atoms with Crippen LogP contribution in [0.2, 0.25) is 0 Å². The maximum Gasteiger partial charge on any atom is 0.232 e. The summed E-state index contributed by atoms with van der Waals surface area (Å²) in [6.07, 6.45) is 8.56. The SMILES string of the molecule is CCc1ccc([C@@H]2CC(=O)N(c3sc4c(c3C#N)CCCCC4)C3=C2C(=O)CCC3)cc1. The summed E-state index contributed by atoms with van der Waals surface area (Å²) in [5.74, 6) is -0.0170. The van der Waals surface area contributed by atoms with E-state index in [1.807, 2.05) is 0 Å². The number of fused-ring (bicyclic) bond motifs is 1. The van der Waals surface area contributed by atoms with E-state index in [4.69, 9.17) is 0 Å². The molecule has 0 N–H and O–H groups in total. The Morgan fingerprint density at radius 3 is 2.56 bits per heavy atom. The molecule has 0 saturated carbocycles. The fourth-order valence-corrected chi connectivity index (χ4v) is 6.88. The number of Topliss-reactive ketones (excluding diaryl/α,β-unsaturated/α-hetero) is 1. The number of anilines is 1. The quantitative estimate of drug-likeness (QED) is 0.547. The maximum atomic E-state index is 13.6. The molecule has 5 heteroatoms. The second-order valence-corrected chi connectivity index (χ2v) is 10.2. The lowest BCUT2D eigenvalue weighted by Gasteiger charge is -2.38. The van der Waals surface area contributed by atoms with Gasteiger partial charge in [0.05, 0.1) is 5.56 Å². The monoisotopic (exact) mass is 444 g/mol. The number of rotatable bonds is 3. The standard InChI is InChI=1S/C27H28N2O2S/c1-2-17-11-13-18(14-12-17)20-15-25(31)29(22-8-6-9-23(30)26(20)22)27-21(16-28)19-7-4-3-5-10-24(19)32-27/h11-14,20H,2-10,15H2,1H3/t20-/m0/s1. The van der Waals surface area contributed by atoms with E-state index >= 15 is 0 Å². The van der Waals surface area contributed by atoms with Crippen molar-refractivity contribution >= 4 is 28.0 Å². The first kappa shape index (κ1) is 21.2. The Labute approximate surface area is 193 Å². The van der Waals surface area contributed by atoms with Gasteiger partial charge in [0, 0.05) is 34.9 Å². The number of aryl methyl sites for hydroxylation is 2. The van der Waals surface area contributed by atoms with Gasteiger partial charge in [0.25, 0.3) is 0 Å². The third kappa shape index (κ3) is 3.51. The van der Waals surface area contributed by atoms with Crippen molar-refractivity contribution in [1.29, 1.82) is 5.26 Å². The zero-order valence-electron chi connectivity index (χ0n) is 18.6. The summed E-state index contributed by atoms with van der Waals surface area (Å²) < 4.78 is 0. The summed E-state index contributed by atoms with van der Waals surface area (Å²) in [7, 11) is 0. The highest BCUT2D eigenvalue weighted by Crippen LogP contribution is 2.47. The molecule has 2 aromatic rings. The zero-order chi connectivity index (χ0) is 22.2.